The smallest absolute Gasteiger partial charge is 0.119 e. The predicted octanol–water partition coefficient (Wildman–Crippen LogP) is 0.899. The quantitative estimate of drug-likeness (QED) is 0.774. The van der Waals surface area contributed by atoms with Crippen molar-refractivity contribution in [1.29, 1.82) is 0 Å². The minimum Gasteiger partial charge on any atom is -0.497 e. The summed E-state index contributed by atoms with van der Waals surface area (Å²) in [7, 11) is 5.49. The highest BCUT2D eigenvalue weighted by atomic mass is 16.5. The fourth-order valence-corrected chi connectivity index (χ4v) is 2.07. The lowest BCUT2D eigenvalue weighted by Crippen LogP contribution is -2.31. The highest BCUT2D eigenvalue weighted by Crippen LogP contribution is 2.28. The Morgan fingerprint density at radius 2 is 1.88 bits per heavy atom. The van der Waals surface area contributed by atoms with E-state index in [1.165, 1.54) is 0 Å². The van der Waals surface area contributed by atoms with Gasteiger partial charge in [0.1, 0.15) is 5.75 Å². The summed E-state index contributed by atoms with van der Waals surface area (Å²) in [5.74, 6) is 0.584. The summed E-state index contributed by atoms with van der Waals surface area (Å²) in [6.07, 6.45) is 0. The molecule has 1 aromatic rings. The van der Waals surface area contributed by atoms with Crippen molar-refractivity contribution in [3.8, 4) is 5.75 Å². The molecule has 0 spiro atoms. The van der Waals surface area contributed by atoms with Crippen LogP contribution in [0.4, 0.5) is 0 Å². The van der Waals surface area contributed by atoms with Crippen LogP contribution < -0.4 is 4.74 Å². The van der Waals surface area contributed by atoms with Crippen molar-refractivity contribution in [1.82, 2.24) is 4.90 Å². The van der Waals surface area contributed by atoms with Gasteiger partial charge in [0.25, 0.3) is 0 Å². The second-order valence-electron chi connectivity index (χ2n) is 4.31. The van der Waals surface area contributed by atoms with Gasteiger partial charge in [-0.3, -0.25) is 0 Å². The summed E-state index contributed by atoms with van der Waals surface area (Å²) < 4.78 is 5.19. The van der Waals surface area contributed by atoms with E-state index >= 15 is 0 Å². The minimum absolute atomic E-state index is 0.0277. The van der Waals surface area contributed by atoms with E-state index in [1.807, 2.05) is 43.3 Å². The van der Waals surface area contributed by atoms with Gasteiger partial charge in [0.05, 0.1) is 7.11 Å². The summed E-state index contributed by atoms with van der Waals surface area (Å²) in [5, 5.41) is 18.6. The van der Waals surface area contributed by atoms with Crippen LogP contribution in [0, 0.1) is 5.92 Å². The Kier molecular flexibility index (Phi) is 5.41. The maximum absolute atomic E-state index is 9.32. The number of aliphatic hydroxyl groups excluding tert-OH is 2. The molecule has 0 saturated carbocycles. The van der Waals surface area contributed by atoms with Gasteiger partial charge in [-0.15, -0.1) is 0 Å². The molecule has 0 saturated heterocycles. The molecule has 0 aliphatic carbocycles. The van der Waals surface area contributed by atoms with Gasteiger partial charge < -0.3 is 19.8 Å². The normalized spacial score (nSPS) is 13.1. The SMILES string of the molecule is COc1cccc(C(C(CO)CO)N(C)C)c1. The third kappa shape index (κ3) is 3.43. The fourth-order valence-electron chi connectivity index (χ4n) is 2.07. The number of nitrogens with zero attached hydrogens (tertiary/aromatic N) is 1. The van der Waals surface area contributed by atoms with Crippen LogP contribution in [0.25, 0.3) is 0 Å². The molecule has 17 heavy (non-hydrogen) atoms. The van der Waals surface area contributed by atoms with Crippen LogP contribution in [0.15, 0.2) is 24.3 Å². The van der Waals surface area contributed by atoms with E-state index in [0.717, 1.165) is 11.3 Å². The first-order valence-corrected chi connectivity index (χ1v) is 5.66. The molecule has 0 amide bonds. The Balaban J connectivity index is 3.04. The van der Waals surface area contributed by atoms with Gasteiger partial charge in [-0.1, -0.05) is 12.1 Å². The molecule has 1 unspecified atom stereocenters. The fraction of sp³-hybridized carbons (Fsp3) is 0.538. The maximum atomic E-state index is 9.32. The Labute approximate surface area is 102 Å². The van der Waals surface area contributed by atoms with E-state index in [4.69, 9.17) is 4.74 Å². The van der Waals surface area contributed by atoms with Crippen LogP contribution in [-0.2, 0) is 0 Å². The van der Waals surface area contributed by atoms with E-state index in [1.54, 1.807) is 7.11 Å². The molecule has 1 aromatic carbocycles. The largest absolute Gasteiger partial charge is 0.497 e. The standard InChI is InChI=1S/C13H21NO3/c1-14(2)13(11(8-15)9-16)10-5-4-6-12(7-10)17-3/h4-7,11,13,15-16H,8-9H2,1-3H3. The Morgan fingerprint density at radius 3 is 2.35 bits per heavy atom. The summed E-state index contributed by atoms with van der Waals surface area (Å²) in [4.78, 5) is 1.99. The van der Waals surface area contributed by atoms with Crippen LogP contribution in [0.5, 0.6) is 5.75 Å². The van der Waals surface area contributed by atoms with Crippen molar-refractivity contribution in [2.45, 2.75) is 6.04 Å². The number of benzene rings is 1. The highest BCUT2D eigenvalue weighted by Gasteiger charge is 2.24. The number of hydrogen-bond acceptors (Lipinski definition) is 4. The third-order valence-corrected chi connectivity index (χ3v) is 2.91. The van der Waals surface area contributed by atoms with Gasteiger partial charge >= 0.3 is 0 Å². The molecular weight excluding hydrogens is 218 g/mol. The predicted molar refractivity (Wildman–Crippen MR) is 67.1 cm³/mol. The summed E-state index contributed by atoms with van der Waals surface area (Å²) in [5.41, 5.74) is 1.03. The van der Waals surface area contributed by atoms with Crippen LogP contribution in [0.3, 0.4) is 0 Å². The number of rotatable bonds is 6. The molecule has 1 rings (SSSR count). The molecular formula is C13H21NO3. The summed E-state index contributed by atoms with van der Waals surface area (Å²) in [6, 6.07) is 7.67. The monoisotopic (exact) mass is 239 g/mol. The summed E-state index contributed by atoms with van der Waals surface area (Å²) in [6.45, 7) is -0.0902. The molecule has 0 heterocycles. The lowest BCUT2D eigenvalue weighted by Gasteiger charge is -2.30. The van der Waals surface area contributed by atoms with Crippen molar-refractivity contribution in [3.05, 3.63) is 29.8 Å². The Hall–Kier alpha value is -1.10. The van der Waals surface area contributed by atoms with Crippen molar-refractivity contribution >= 4 is 0 Å². The first kappa shape index (κ1) is 14.0. The molecule has 0 aliphatic heterocycles. The first-order valence-electron chi connectivity index (χ1n) is 5.66. The molecule has 4 heteroatoms. The topological polar surface area (TPSA) is 52.9 Å². The van der Waals surface area contributed by atoms with Crippen LogP contribution >= 0.6 is 0 Å². The second-order valence-corrected chi connectivity index (χ2v) is 4.31. The van der Waals surface area contributed by atoms with Crippen molar-refractivity contribution in [3.63, 3.8) is 0 Å². The molecule has 0 radical (unpaired) electrons. The molecule has 0 aromatic heterocycles. The molecule has 1 atom stereocenters. The summed E-state index contributed by atoms with van der Waals surface area (Å²) >= 11 is 0. The van der Waals surface area contributed by atoms with Crippen molar-refractivity contribution in [2.24, 2.45) is 5.92 Å². The van der Waals surface area contributed by atoms with Gasteiger partial charge in [0.2, 0.25) is 0 Å². The molecule has 2 N–H and O–H groups in total. The van der Waals surface area contributed by atoms with E-state index < -0.39 is 0 Å². The third-order valence-electron chi connectivity index (χ3n) is 2.91. The van der Waals surface area contributed by atoms with E-state index in [9.17, 15) is 10.2 Å². The van der Waals surface area contributed by atoms with E-state index in [-0.39, 0.29) is 25.2 Å². The lowest BCUT2D eigenvalue weighted by molar-refractivity contribution is 0.0807. The number of hydrogen-bond donors (Lipinski definition) is 2. The number of aliphatic hydroxyl groups is 2. The van der Waals surface area contributed by atoms with Crippen LogP contribution in [0.1, 0.15) is 11.6 Å². The molecule has 0 bridgehead atoms. The van der Waals surface area contributed by atoms with Gasteiger partial charge in [-0.05, 0) is 31.8 Å². The van der Waals surface area contributed by atoms with Gasteiger partial charge in [0.15, 0.2) is 0 Å². The van der Waals surface area contributed by atoms with Gasteiger partial charge in [-0.2, -0.15) is 0 Å². The molecule has 0 fully saturated rings. The number of ether oxygens (including phenoxy) is 1. The Bertz CT molecular complexity index is 337. The van der Waals surface area contributed by atoms with Crippen LogP contribution in [0.2, 0.25) is 0 Å². The first-order chi connectivity index (χ1) is 8.13. The lowest BCUT2D eigenvalue weighted by atomic mass is 9.93. The van der Waals surface area contributed by atoms with Crippen molar-refractivity contribution < 1.29 is 14.9 Å². The maximum Gasteiger partial charge on any atom is 0.119 e. The zero-order chi connectivity index (χ0) is 12.8. The van der Waals surface area contributed by atoms with Crippen LogP contribution in [-0.4, -0.2) is 49.5 Å². The van der Waals surface area contributed by atoms with Crippen molar-refractivity contribution in [2.75, 3.05) is 34.4 Å². The average Bonchev–Trinajstić information content (AvgIpc) is 2.35. The molecule has 96 valence electrons. The average molecular weight is 239 g/mol. The van der Waals surface area contributed by atoms with E-state index in [0.29, 0.717) is 0 Å². The van der Waals surface area contributed by atoms with E-state index in [2.05, 4.69) is 0 Å². The van der Waals surface area contributed by atoms with Gasteiger partial charge in [0, 0.05) is 25.2 Å². The minimum atomic E-state index is -0.197. The zero-order valence-electron chi connectivity index (χ0n) is 10.6. The number of methoxy groups -OCH3 is 1. The highest BCUT2D eigenvalue weighted by molar-refractivity contribution is 5.31. The Morgan fingerprint density at radius 1 is 1.24 bits per heavy atom. The van der Waals surface area contributed by atoms with Gasteiger partial charge in [-0.25, -0.2) is 0 Å². The molecule has 4 nitrogen and oxygen atoms in total. The second kappa shape index (κ2) is 6.59. The molecule has 0 aliphatic rings. The zero-order valence-corrected chi connectivity index (χ0v) is 10.6.